The molecule has 0 aliphatic heterocycles. The lowest BCUT2D eigenvalue weighted by Crippen LogP contribution is -2.15. The van der Waals surface area contributed by atoms with Gasteiger partial charge in [0.1, 0.15) is 17.3 Å². The molecular formula is C16H17FO3. The number of methoxy groups -OCH3 is 1. The maximum atomic E-state index is 13.7. The number of hydrogen-bond donors (Lipinski definition) is 1. The van der Waals surface area contributed by atoms with Crippen LogP contribution >= 0.6 is 0 Å². The number of aliphatic hydroxyl groups excluding tert-OH is 1. The van der Waals surface area contributed by atoms with Crippen LogP contribution in [0.5, 0.6) is 11.5 Å². The fourth-order valence-electron chi connectivity index (χ4n) is 1.93. The normalized spacial score (nSPS) is 11.9. The second kappa shape index (κ2) is 6.91. The van der Waals surface area contributed by atoms with Crippen LogP contribution in [0.25, 0.3) is 0 Å². The van der Waals surface area contributed by atoms with Crippen LogP contribution < -0.4 is 9.47 Å². The average Bonchev–Trinajstić information content (AvgIpc) is 2.49. The van der Waals surface area contributed by atoms with Crippen molar-refractivity contribution in [1.29, 1.82) is 0 Å². The molecule has 0 fully saturated rings. The van der Waals surface area contributed by atoms with E-state index in [2.05, 4.69) is 0 Å². The zero-order valence-electron chi connectivity index (χ0n) is 11.3. The topological polar surface area (TPSA) is 38.7 Å². The Morgan fingerprint density at radius 3 is 2.55 bits per heavy atom. The van der Waals surface area contributed by atoms with Crippen LogP contribution in [0.3, 0.4) is 0 Å². The maximum Gasteiger partial charge on any atom is 0.126 e. The van der Waals surface area contributed by atoms with Gasteiger partial charge in [-0.1, -0.05) is 24.3 Å². The van der Waals surface area contributed by atoms with E-state index >= 15 is 0 Å². The molecule has 0 aromatic heterocycles. The fraction of sp³-hybridized carbons (Fsp3) is 0.250. The summed E-state index contributed by atoms with van der Waals surface area (Å²) < 4.78 is 24.4. The Balaban J connectivity index is 2.06. The standard InChI is InChI=1S/C16H17FO3/c1-19-13-5-4-6-14(9-13)20-11-12(10-18)15-7-2-3-8-16(15)17/h2-9,12,18H,10-11H2,1H3. The number of aliphatic hydroxyl groups is 1. The van der Waals surface area contributed by atoms with Crippen molar-refractivity contribution in [1.82, 2.24) is 0 Å². The third-order valence-corrected chi connectivity index (χ3v) is 3.06. The first-order valence-corrected chi connectivity index (χ1v) is 6.36. The number of halogens is 1. The Hall–Kier alpha value is -2.07. The minimum Gasteiger partial charge on any atom is -0.497 e. The highest BCUT2D eigenvalue weighted by atomic mass is 19.1. The van der Waals surface area contributed by atoms with E-state index in [9.17, 15) is 9.50 Å². The molecule has 2 rings (SSSR count). The Labute approximate surface area is 117 Å². The van der Waals surface area contributed by atoms with Crippen LogP contribution in [0.15, 0.2) is 48.5 Å². The molecule has 0 aliphatic carbocycles. The smallest absolute Gasteiger partial charge is 0.126 e. The van der Waals surface area contributed by atoms with Gasteiger partial charge in [0.25, 0.3) is 0 Å². The summed E-state index contributed by atoms with van der Waals surface area (Å²) in [5.74, 6) is 0.580. The molecule has 0 saturated carbocycles. The lowest BCUT2D eigenvalue weighted by molar-refractivity contribution is 0.202. The molecule has 0 heterocycles. The van der Waals surface area contributed by atoms with Crippen LogP contribution in [0.4, 0.5) is 4.39 Å². The van der Waals surface area contributed by atoms with E-state index in [1.165, 1.54) is 6.07 Å². The van der Waals surface area contributed by atoms with E-state index in [1.54, 1.807) is 37.4 Å². The SMILES string of the molecule is COc1cccc(OCC(CO)c2ccccc2F)c1. The molecule has 2 aromatic carbocycles. The monoisotopic (exact) mass is 276 g/mol. The molecule has 0 radical (unpaired) electrons. The van der Waals surface area contributed by atoms with E-state index in [4.69, 9.17) is 9.47 Å². The molecule has 20 heavy (non-hydrogen) atoms. The summed E-state index contributed by atoms with van der Waals surface area (Å²) in [5.41, 5.74) is 0.456. The third kappa shape index (κ3) is 3.48. The van der Waals surface area contributed by atoms with E-state index in [-0.39, 0.29) is 19.0 Å². The zero-order valence-corrected chi connectivity index (χ0v) is 11.3. The first kappa shape index (κ1) is 14.3. The van der Waals surface area contributed by atoms with Gasteiger partial charge in [-0.05, 0) is 23.8 Å². The van der Waals surface area contributed by atoms with Crippen LogP contribution in [-0.2, 0) is 0 Å². The first-order valence-electron chi connectivity index (χ1n) is 6.36. The summed E-state index contributed by atoms with van der Waals surface area (Å²) in [4.78, 5) is 0. The molecule has 0 amide bonds. The molecule has 0 spiro atoms. The van der Waals surface area contributed by atoms with Gasteiger partial charge < -0.3 is 14.6 Å². The summed E-state index contributed by atoms with van der Waals surface area (Å²) in [6.45, 7) is 0.0233. The van der Waals surface area contributed by atoms with Crippen molar-refractivity contribution in [3.63, 3.8) is 0 Å². The molecule has 0 bridgehead atoms. The van der Waals surface area contributed by atoms with Crippen molar-refractivity contribution >= 4 is 0 Å². The van der Waals surface area contributed by atoms with E-state index in [0.29, 0.717) is 17.1 Å². The van der Waals surface area contributed by atoms with Crippen molar-refractivity contribution < 1.29 is 19.0 Å². The van der Waals surface area contributed by atoms with Crippen molar-refractivity contribution in [2.75, 3.05) is 20.3 Å². The Bertz CT molecular complexity index is 557. The highest BCUT2D eigenvalue weighted by Crippen LogP contribution is 2.23. The molecule has 0 aliphatic rings. The molecule has 1 unspecified atom stereocenters. The Kier molecular flexibility index (Phi) is 4.96. The largest absolute Gasteiger partial charge is 0.497 e. The first-order chi connectivity index (χ1) is 9.74. The lowest BCUT2D eigenvalue weighted by Gasteiger charge is -2.16. The molecule has 1 N–H and O–H groups in total. The number of hydrogen-bond acceptors (Lipinski definition) is 3. The molecule has 4 heteroatoms. The zero-order chi connectivity index (χ0) is 14.4. The summed E-state index contributed by atoms with van der Waals surface area (Å²) >= 11 is 0. The summed E-state index contributed by atoms with van der Waals surface area (Å²) in [6, 6.07) is 13.6. The third-order valence-electron chi connectivity index (χ3n) is 3.06. The molecule has 3 nitrogen and oxygen atoms in total. The Morgan fingerprint density at radius 2 is 1.85 bits per heavy atom. The van der Waals surface area contributed by atoms with Crippen molar-refractivity contribution in [3.05, 3.63) is 59.9 Å². The number of benzene rings is 2. The van der Waals surface area contributed by atoms with Gasteiger partial charge in [0.2, 0.25) is 0 Å². The van der Waals surface area contributed by atoms with Gasteiger partial charge in [0.15, 0.2) is 0 Å². The van der Waals surface area contributed by atoms with Crippen LogP contribution in [0.1, 0.15) is 11.5 Å². The predicted octanol–water partition coefficient (Wildman–Crippen LogP) is 2.99. The van der Waals surface area contributed by atoms with Crippen molar-refractivity contribution in [2.45, 2.75) is 5.92 Å². The molecule has 106 valence electrons. The molecule has 2 aromatic rings. The highest BCUT2D eigenvalue weighted by molar-refractivity contribution is 5.33. The average molecular weight is 276 g/mol. The lowest BCUT2D eigenvalue weighted by atomic mass is 10.0. The Morgan fingerprint density at radius 1 is 1.10 bits per heavy atom. The van der Waals surface area contributed by atoms with Gasteiger partial charge in [0, 0.05) is 12.0 Å². The maximum absolute atomic E-state index is 13.7. The summed E-state index contributed by atoms with van der Waals surface area (Å²) in [5, 5.41) is 9.41. The molecular weight excluding hydrogens is 259 g/mol. The van der Waals surface area contributed by atoms with Gasteiger partial charge >= 0.3 is 0 Å². The van der Waals surface area contributed by atoms with E-state index < -0.39 is 5.92 Å². The number of ether oxygens (including phenoxy) is 2. The highest BCUT2D eigenvalue weighted by Gasteiger charge is 2.15. The number of rotatable bonds is 6. The van der Waals surface area contributed by atoms with Crippen molar-refractivity contribution in [3.8, 4) is 11.5 Å². The van der Waals surface area contributed by atoms with Crippen molar-refractivity contribution in [2.24, 2.45) is 0 Å². The van der Waals surface area contributed by atoms with Gasteiger partial charge in [-0.15, -0.1) is 0 Å². The van der Waals surface area contributed by atoms with E-state index in [1.807, 2.05) is 12.1 Å². The molecule has 0 saturated heterocycles. The van der Waals surface area contributed by atoms with Gasteiger partial charge in [-0.3, -0.25) is 0 Å². The second-order valence-corrected chi connectivity index (χ2v) is 4.39. The quantitative estimate of drug-likeness (QED) is 0.881. The molecule has 1 atom stereocenters. The minimum atomic E-state index is -0.401. The minimum absolute atomic E-state index is 0.176. The van der Waals surface area contributed by atoms with Crippen LogP contribution in [0, 0.1) is 5.82 Å². The predicted molar refractivity (Wildman–Crippen MR) is 74.7 cm³/mol. The van der Waals surface area contributed by atoms with Gasteiger partial charge in [-0.25, -0.2) is 4.39 Å². The van der Waals surface area contributed by atoms with Crippen LogP contribution in [0.2, 0.25) is 0 Å². The fourth-order valence-corrected chi connectivity index (χ4v) is 1.93. The summed E-state index contributed by atoms with van der Waals surface area (Å²) in [7, 11) is 1.58. The van der Waals surface area contributed by atoms with Gasteiger partial charge in [0.05, 0.1) is 20.3 Å². The van der Waals surface area contributed by atoms with Gasteiger partial charge in [-0.2, -0.15) is 0 Å². The summed E-state index contributed by atoms with van der Waals surface area (Å²) in [6.07, 6.45) is 0. The van der Waals surface area contributed by atoms with Crippen LogP contribution in [-0.4, -0.2) is 25.4 Å². The van der Waals surface area contributed by atoms with E-state index in [0.717, 1.165) is 0 Å². The second-order valence-electron chi connectivity index (χ2n) is 4.39.